The molecule has 5 rings (SSSR count). The highest BCUT2D eigenvalue weighted by Crippen LogP contribution is 2.32. The van der Waals surface area contributed by atoms with Crippen LogP contribution in [-0.2, 0) is 33.2 Å². The van der Waals surface area contributed by atoms with Crippen molar-refractivity contribution in [1.82, 2.24) is 0 Å². The number of hydrogen-bond acceptors (Lipinski definition) is 11. The van der Waals surface area contributed by atoms with Crippen molar-refractivity contribution in [3.63, 3.8) is 0 Å². The van der Waals surface area contributed by atoms with Crippen molar-refractivity contribution >= 4 is 29.8 Å². The lowest BCUT2D eigenvalue weighted by Crippen LogP contribution is -2.63. The van der Waals surface area contributed by atoms with Crippen molar-refractivity contribution < 1.29 is 57.5 Å². The minimum atomic E-state index is -1.55. The Bertz CT molecular complexity index is 1750. The molecule has 2 unspecified atom stereocenters. The quantitative estimate of drug-likeness (QED) is 0.0944. The molecule has 264 valence electrons. The highest BCUT2D eigenvalue weighted by atomic mass is 16.7. The molecule has 1 fully saturated rings. The summed E-state index contributed by atoms with van der Waals surface area (Å²) in [5.74, 6) is -4.13. The van der Waals surface area contributed by atoms with Crippen molar-refractivity contribution in [2.45, 2.75) is 50.0 Å². The van der Waals surface area contributed by atoms with E-state index >= 15 is 0 Å². The maximum atomic E-state index is 13.6. The van der Waals surface area contributed by atoms with Crippen LogP contribution in [0.2, 0.25) is 0 Å². The van der Waals surface area contributed by atoms with Crippen LogP contribution in [0.15, 0.2) is 121 Å². The van der Waals surface area contributed by atoms with Gasteiger partial charge in [0.1, 0.15) is 12.7 Å². The number of esters is 4. The zero-order valence-electron chi connectivity index (χ0n) is 27.4. The van der Waals surface area contributed by atoms with E-state index in [0.29, 0.717) is 6.42 Å². The molecular formula is C39H36O12. The van der Waals surface area contributed by atoms with Crippen molar-refractivity contribution in [3.8, 4) is 0 Å². The molecule has 0 aliphatic carbocycles. The Kier molecular flexibility index (Phi) is 13.0. The van der Waals surface area contributed by atoms with Gasteiger partial charge in [-0.3, -0.25) is 4.79 Å². The van der Waals surface area contributed by atoms with Crippen LogP contribution in [0.1, 0.15) is 60.7 Å². The topological polar surface area (TPSA) is 161 Å². The highest BCUT2D eigenvalue weighted by Gasteiger charge is 2.53. The number of carboxylic acid groups (broad SMARTS) is 1. The predicted octanol–water partition coefficient (Wildman–Crippen LogP) is 5.52. The van der Waals surface area contributed by atoms with Crippen LogP contribution in [-0.4, -0.2) is 78.9 Å². The Morgan fingerprint density at radius 2 is 0.941 bits per heavy atom. The molecule has 51 heavy (non-hydrogen) atoms. The molecule has 0 bridgehead atoms. The molecule has 1 saturated heterocycles. The first-order valence-electron chi connectivity index (χ1n) is 16.3. The standard InChI is InChI=1S/C39H36O12/c40-31(41)23-13-14-24-46-39-34(51-38(45)29-21-11-4-12-22-29)33(50-37(44)28-19-9-3-10-20-28)32(49-36(43)27-17-7-2-8-18-27)30(48-39)25-47-35(42)26-15-5-1-6-16-26/h1-12,15-22,30,32-34,39H,13-14,23-25H2,(H,40,41)/t30?,32-,33-,34?,39+/m0/s1. The van der Waals surface area contributed by atoms with E-state index in [1.807, 2.05) is 0 Å². The monoisotopic (exact) mass is 696 g/mol. The third kappa shape index (κ3) is 10.3. The van der Waals surface area contributed by atoms with E-state index in [0.717, 1.165) is 0 Å². The first-order chi connectivity index (χ1) is 24.8. The number of carbonyl (C=O) groups excluding carboxylic acids is 4. The largest absolute Gasteiger partial charge is 0.481 e. The minimum absolute atomic E-state index is 0.0400. The summed E-state index contributed by atoms with van der Waals surface area (Å²) in [6.45, 7) is -0.528. The van der Waals surface area contributed by atoms with Crippen molar-refractivity contribution in [1.29, 1.82) is 0 Å². The minimum Gasteiger partial charge on any atom is -0.481 e. The molecule has 0 amide bonds. The summed E-state index contributed by atoms with van der Waals surface area (Å²) in [5.41, 5.74) is 0.741. The summed E-state index contributed by atoms with van der Waals surface area (Å²) in [6, 6.07) is 32.3. The Morgan fingerprint density at radius 1 is 0.529 bits per heavy atom. The Morgan fingerprint density at radius 3 is 1.39 bits per heavy atom. The van der Waals surface area contributed by atoms with Gasteiger partial charge >= 0.3 is 29.8 Å². The van der Waals surface area contributed by atoms with Gasteiger partial charge < -0.3 is 33.5 Å². The second-order valence-corrected chi connectivity index (χ2v) is 11.4. The van der Waals surface area contributed by atoms with Crippen LogP contribution in [0.4, 0.5) is 0 Å². The van der Waals surface area contributed by atoms with Gasteiger partial charge in [0, 0.05) is 13.0 Å². The number of aliphatic carboxylic acids is 1. The predicted molar refractivity (Wildman–Crippen MR) is 180 cm³/mol. The third-order valence-electron chi connectivity index (χ3n) is 7.80. The molecule has 12 nitrogen and oxygen atoms in total. The van der Waals surface area contributed by atoms with Gasteiger partial charge in [-0.15, -0.1) is 0 Å². The molecule has 4 aromatic rings. The van der Waals surface area contributed by atoms with Crippen LogP contribution in [0.25, 0.3) is 0 Å². The maximum absolute atomic E-state index is 13.6. The van der Waals surface area contributed by atoms with Gasteiger partial charge in [0.15, 0.2) is 24.6 Å². The van der Waals surface area contributed by atoms with Gasteiger partial charge in [0.05, 0.1) is 22.3 Å². The zero-order valence-corrected chi connectivity index (χ0v) is 27.4. The molecule has 1 heterocycles. The molecule has 0 spiro atoms. The lowest BCUT2D eigenvalue weighted by atomic mass is 9.97. The summed E-state index contributed by atoms with van der Waals surface area (Å²) in [5, 5.41) is 9.07. The number of carboxylic acids is 1. The zero-order chi connectivity index (χ0) is 36.0. The summed E-state index contributed by atoms with van der Waals surface area (Å²) >= 11 is 0. The summed E-state index contributed by atoms with van der Waals surface area (Å²) in [7, 11) is 0. The number of benzene rings is 4. The van der Waals surface area contributed by atoms with Crippen molar-refractivity contribution in [2.24, 2.45) is 0 Å². The van der Waals surface area contributed by atoms with Crippen LogP contribution >= 0.6 is 0 Å². The molecule has 1 N–H and O–H groups in total. The molecule has 1 aliphatic heterocycles. The third-order valence-corrected chi connectivity index (χ3v) is 7.80. The SMILES string of the molecule is O=C(O)CCCCO[C@@H]1OC(COC(=O)c2ccccc2)[C@H](OC(=O)c2ccccc2)[C@H](OC(=O)c2ccccc2)C1OC(=O)c1ccccc1. The van der Waals surface area contributed by atoms with Crippen LogP contribution in [0.3, 0.4) is 0 Å². The van der Waals surface area contributed by atoms with Crippen molar-refractivity contribution in [3.05, 3.63) is 144 Å². The molecule has 5 atom stereocenters. The molecule has 0 saturated carbocycles. The van der Waals surface area contributed by atoms with E-state index in [2.05, 4.69) is 0 Å². The van der Waals surface area contributed by atoms with E-state index in [-0.39, 0.29) is 41.7 Å². The van der Waals surface area contributed by atoms with E-state index in [1.165, 1.54) is 36.4 Å². The fourth-order valence-electron chi connectivity index (χ4n) is 5.24. The van der Waals surface area contributed by atoms with Gasteiger partial charge in [-0.25, -0.2) is 19.2 Å². The molecule has 0 radical (unpaired) electrons. The van der Waals surface area contributed by atoms with Gasteiger partial charge in [-0.1, -0.05) is 72.8 Å². The lowest BCUT2D eigenvalue weighted by Gasteiger charge is -2.44. The van der Waals surface area contributed by atoms with E-state index in [9.17, 15) is 24.0 Å². The molecule has 0 aromatic heterocycles. The van der Waals surface area contributed by atoms with Gasteiger partial charge in [-0.2, -0.15) is 0 Å². The molecule has 12 heteroatoms. The smallest absolute Gasteiger partial charge is 0.338 e. The maximum Gasteiger partial charge on any atom is 0.338 e. The molecule has 4 aromatic carbocycles. The second-order valence-electron chi connectivity index (χ2n) is 11.4. The summed E-state index contributed by atoms with van der Waals surface area (Å²) < 4.78 is 35.8. The van der Waals surface area contributed by atoms with Crippen molar-refractivity contribution in [2.75, 3.05) is 13.2 Å². The van der Waals surface area contributed by atoms with Crippen LogP contribution in [0, 0.1) is 0 Å². The number of rotatable bonds is 15. The first kappa shape index (κ1) is 36.4. The lowest BCUT2D eigenvalue weighted by molar-refractivity contribution is -0.298. The van der Waals surface area contributed by atoms with Gasteiger partial charge in [0.25, 0.3) is 0 Å². The van der Waals surface area contributed by atoms with E-state index in [4.69, 9.17) is 33.5 Å². The van der Waals surface area contributed by atoms with Gasteiger partial charge in [-0.05, 0) is 61.4 Å². The van der Waals surface area contributed by atoms with E-state index < -0.39 is 67.2 Å². The Labute approximate surface area is 293 Å². The fourth-order valence-corrected chi connectivity index (χ4v) is 5.24. The van der Waals surface area contributed by atoms with Gasteiger partial charge in [0.2, 0.25) is 0 Å². The average molecular weight is 697 g/mol. The molecule has 1 aliphatic rings. The first-order valence-corrected chi connectivity index (χ1v) is 16.3. The average Bonchev–Trinajstić information content (AvgIpc) is 3.16. The van der Waals surface area contributed by atoms with Crippen LogP contribution < -0.4 is 0 Å². The summed E-state index contributed by atoms with van der Waals surface area (Å²) in [6.07, 6.45) is -6.82. The number of hydrogen-bond donors (Lipinski definition) is 1. The normalized spacial score (nSPS) is 19.6. The number of ether oxygens (including phenoxy) is 6. The van der Waals surface area contributed by atoms with Crippen LogP contribution in [0.5, 0.6) is 0 Å². The van der Waals surface area contributed by atoms with E-state index in [1.54, 1.807) is 84.9 Å². The summed E-state index contributed by atoms with van der Waals surface area (Å²) in [4.78, 5) is 64.7. The fraction of sp³-hybridized carbons (Fsp3) is 0.256. The number of carbonyl (C=O) groups is 5. The number of unbranched alkanes of at least 4 members (excludes halogenated alkanes) is 1. The Hall–Kier alpha value is -5.85. The molecular weight excluding hydrogens is 660 g/mol. The Balaban J connectivity index is 1.52. The second kappa shape index (κ2) is 18.2. The highest BCUT2D eigenvalue weighted by molar-refractivity contribution is 5.91.